The number of rotatable bonds is 4. The molecule has 2 N–H and O–H groups in total. The maximum atomic E-state index is 10.2. The van der Waals surface area contributed by atoms with E-state index in [-0.39, 0.29) is 6.10 Å². The highest BCUT2D eigenvalue weighted by atomic mass is 16.5. The zero-order valence-electron chi connectivity index (χ0n) is 8.90. The summed E-state index contributed by atoms with van der Waals surface area (Å²) >= 11 is 0. The van der Waals surface area contributed by atoms with Gasteiger partial charge >= 0.3 is 0 Å². The van der Waals surface area contributed by atoms with Crippen molar-refractivity contribution in [3.63, 3.8) is 0 Å². The largest absolute Gasteiger partial charge is 0.472 e. The van der Waals surface area contributed by atoms with E-state index < -0.39 is 5.60 Å². The van der Waals surface area contributed by atoms with Gasteiger partial charge in [0.25, 0.3) is 0 Å². The highest BCUT2D eigenvalue weighted by Crippen LogP contribution is 2.24. The zero-order chi connectivity index (χ0) is 10.7. The number of furan rings is 1. The smallest absolute Gasteiger partial charge is 0.105 e. The van der Waals surface area contributed by atoms with Gasteiger partial charge in [0.05, 0.1) is 18.6 Å². The van der Waals surface area contributed by atoms with Gasteiger partial charge in [-0.05, 0) is 13.0 Å². The summed E-state index contributed by atoms with van der Waals surface area (Å²) in [6.07, 6.45) is 3.96. The van der Waals surface area contributed by atoms with E-state index in [1.807, 2.05) is 13.0 Å². The van der Waals surface area contributed by atoms with Crippen molar-refractivity contribution in [2.75, 3.05) is 13.2 Å². The molecule has 1 aliphatic rings. The van der Waals surface area contributed by atoms with Crippen LogP contribution in [0.2, 0.25) is 0 Å². The van der Waals surface area contributed by atoms with Crippen LogP contribution >= 0.6 is 0 Å². The summed E-state index contributed by atoms with van der Waals surface area (Å²) in [5, 5.41) is 13.4. The summed E-state index contributed by atoms with van der Waals surface area (Å²) in [6.45, 7) is 3.82. The summed E-state index contributed by atoms with van der Waals surface area (Å²) in [5.74, 6) is 0. The first kappa shape index (κ1) is 10.7. The fraction of sp³-hybridized carbons (Fsp3) is 0.636. The Morgan fingerprint density at radius 3 is 3.13 bits per heavy atom. The van der Waals surface area contributed by atoms with E-state index in [0.717, 1.165) is 5.56 Å². The van der Waals surface area contributed by atoms with E-state index in [1.165, 1.54) is 0 Å². The Balaban J connectivity index is 1.78. The Labute approximate surface area is 89.2 Å². The third kappa shape index (κ3) is 2.40. The molecule has 1 fully saturated rings. The molecule has 2 unspecified atom stereocenters. The molecule has 0 aromatic carbocycles. The third-order valence-corrected chi connectivity index (χ3v) is 3.00. The lowest BCUT2D eigenvalue weighted by molar-refractivity contribution is -0.0263. The zero-order valence-corrected chi connectivity index (χ0v) is 8.90. The van der Waals surface area contributed by atoms with Crippen molar-refractivity contribution in [2.45, 2.75) is 31.6 Å². The minimum Gasteiger partial charge on any atom is -0.472 e. The second-order valence-electron chi connectivity index (χ2n) is 4.10. The van der Waals surface area contributed by atoms with Gasteiger partial charge in [0.15, 0.2) is 0 Å². The highest BCUT2D eigenvalue weighted by Gasteiger charge is 2.38. The van der Waals surface area contributed by atoms with E-state index in [0.29, 0.717) is 26.1 Å². The van der Waals surface area contributed by atoms with Crippen molar-refractivity contribution in [1.82, 2.24) is 5.32 Å². The van der Waals surface area contributed by atoms with Gasteiger partial charge in [0.2, 0.25) is 0 Å². The van der Waals surface area contributed by atoms with Gasteiger partial charge in [-0.15, -0.1) is 0 Å². The van der Waals surface area contributed by atoms with Gasteiger partial charge < -0.3 is 19.6 Å². The molecule has 2 atom stereocenters. The molecule has 4 nitrogen and oxygen atoms in total. The van der Waals surface area contributed by atoms with E-state index >= 15 is 0 Å². The van der Waals surface area contributed by atoms with Crippen LogP contribution in [0.5, 0.6) is 0 Å². The predicted octanol–water partition coefficient (Wildman–Crippen LogP) is 0.909. The number of hydrogen-bond acceptors (Lipinski definition) is 4. The maximum Gasteiger partial charge on any atom is 0.105 e. The molecule has 0 radical (unpaired) electrons. The van der Waals surface area contributed by atoms with Crippen LogP contribution in [-0.4, -0.2) is 30.0 Å². The molecule has 2 rings (SSSR count). The number of ether oxygens (including phenoxy) is 1. The van der Waals surface area contributed by atoms with Crippen molar-refractivity contribution < 1.29 is 14.3 Å². The normalized spacial score (nSPS) is 30.9. The summed E-state index contributed by atoms with van der Waals surface area (Å²) in [6, 6.07) is 1.91. The minimum absolute atomic E-state index is 0.0886. The fourth-order valence-electron chi connectivity index (χ4n) is 1.82. The molecule has 1 aliphatic heterocycles. The van der Waals surface area contributed by atoms with E-state index in [9.17, 15) is 5.11 Å². The quantitative estimate of drug-likeness (QED) is 0.777. The molecule has 1 saturated heterocycles. The molecule has 0 aliphatic carbocycles. The van der Waals surface area contributed by atoms with Crippen molar-refractivity contribution in [2.24, 2.45) is 0 Å². The van der Waals surface area contributed by atoms with Gasteiger partial charge in [0.1, 0.15) is 5.60 Å². The van der Waals surface area contributed by atoms with Crippen molar-refractivity contribution in [3.8, 4) is 0 Å². The lowest BCUT2D eigenvalue weighted by atomic mass is 9.97. The van der Waals surface area contributed by atoms with Crippen molar-refractivity contribution in [3.05, 3.63) is 24.2 Å². The van der Waals surface area contributed by atoms with Crippen LogP contribution in [0.4, 0.5) is 0 Å². The Kier molecular flexibility index (Phi) is 3.09. The molecular formula is C11H17NO3. The van der Waals surface area contributed by atoms with Gasteiger partial charge in [-0.3, -0.25) is 0 Å². The lowest BCUT2D eigenvalue weighted by Gasteiger charge is -2.26. The predicted molar refractivity (Wildman–Crippen MR) is 55.4 cm³/mol. The van der Waals surface area contributed by atoms with Gasteiger partial charge in [-0.2, -0.15) is 0 Å². The summed E-state index contributed by atoms with van der Waals surface area (Å²) in [5.41, 5.74) is 0.370. The molecule has 2 heterocycles. The van der Waals surface area contributed by atoms with Crippen LogP contribution in [0.3, 0.4) is 0 Å². The second kappa shape index (κ2) is 4.35. The van der Waals surface area contributed by atoms with Gasteiger partial charge in [0, 0.05) is 31.7 Å². The van der Waals surface area contributed by atoms with Crippen molar-refractivity contribution in [1.29, 1.82) is 0 Å². The fourth-order valence-corrected chi connectivity index (χ4v) is 1.82. The van der Waals surface area contributed by atoms with Crippen LogP contribution < -0.4 is 5.32 Å². The first-order valence-corrected chi connectivity index (χ1v) is 5.26. The molecule has 4 heteroatoms. The Hall–Kier alpha value is -0.840. The van der Waals surface area contributed by atoms with Crippen LogP contribution in [0.25, 0.3) is 0 Å². The van der Waals surface area contributed by atoms with Crippen LogP contribution in [-0.2, 0) is 11.3 Å². The average Bonchev–Trinajstić information content (AvgIpc) is 2.79. The van der Waals surface area contributed by atoms with Crippen LogP contribution in [0, 0.1) is 0 Å². The number of nitrogens with one attached hydrogen (secondary N) is 1. The molecule has 0 amide bonds. The third-order valence-electron chi connectivity index (χ3n) is 3.00. The van der Waals surface area contributed by atoms with Crippen molar-refractivity contribution >= 4 is 0 Å². The van der Waals surface area contributed by atoms with E-state index in [1.54, 1.807) is 12.5 Å². The number of aliphatic hydroxyl groups is 1. The van der Waals surface area contributed by atoms with Gasteiger partial charge in [-0.25, -0.2) is 0 Å². The summed E-state index contributed by atoms with van der Waals surface area (Å²) in [4.78, 5) is 0. The first-order chi connectivity index (χ1) is 7.21. The average molecular weight is 211 g/mol. The van der Waals surface area contributed by atoms with E-state index in [4.69, 9.17) is 9.15 Å². The molecule has 0 spiro atoms. The molecular weight excluding hydrogens is 194 g/mol. The van der Waals surface area contributed by atoms with Gasteiger partial charge in [-0.1, -0.05) is 0 Å². The Morgan fingerprint density at radius 1 is 1.67 bits per heavy atom. The lowest BCUT2D eigenvalue weighted by Crippen LogP contribution is -2.45. The number of hydrogen-bond donors (Lipinski definition) is 2. The molecule has 84 valence electrons. The van der Waals surface area contributed by atoms with Crippen LogP contribution in [0.15, 0.2) is 23.0 Å². The molecule has 15 heavy (non-hydrogen) atoms. The molecule has 1 aromatic rings. The standard InChI is InChI=1S/C11H17NO3/c1-9-11(13,3-5-15-9)8-12-6-10-2-4-14-7-10/h2,4,7,9,12-13H,3,5-6,8H2,1H3. The highest BCUT2D eigenvalue weighted by molar-refractivity contribution is 5.05. The maximum absolute atomic E-state index is 10.2. The summed E-state index contributed by atoms with van der Waals surface area (Å²) in [7, 11) is 0. The summed E-state index contributed by atoms with van der Waals surface area (Å²) < 4.78 is 10.3. The van der Waals surface area contributed by atoms with E-state index in [2.05, 4.69) is 5.32 Å². The monoisotopic (exact) mass is 211 g/mol. The minimum atomic E-state index is -0.719. The SMILES string of the molecule is CC1OCCC1(O)CNCc1ccoc1. The Bertz CT molecular complexity index is 299. The topological polar surface area (TPSA) is 54.6 Å². The molecule has 0 saturated carbocycles. The Morgan fingerprint density at radius 2 is 2.53 bits per heavy atom. The first-order valence-electron chi connectivity index (χ1n) is 5.26. The molecule has 1 aromatic heterocycles. The van der Waals surface area contributed by atoms with Crippen LogP contribution in [0.1, 0.15) is 18.9 Å². The second-order valence-corrected chi connectivity index (χ2v) is 4.10. The molecule has 0 bridgehead atoms.